The minimum absolute atomic E-state index is 0.535. The molecule has 1 aliphatic rings. The van der Waals surface area contributed by atoms with Gasteiger partial charge in [-0.1, -0.05) is 30.7 Å². The van der Waals surface area contributed by atoms with Gasteiger partial charge in [-0.3, -0.25) is 4.68 Å². The van der Waals surface area contributed by atoms with E-state index in [-0.39, 0.29) is 0 Å². The molecule has 1 aromatic carbocycles. The maximum absolute atomic E-state index is 5.96. The molecule has 5 nitrogen and oxygen atoms in total. The van der Waals surface area contributed by atoms with Crippen molar-refractivity contribution in [3.63, 3.8) is 0 Å². The molecular formula is C17H23N5. The molecule has 1 aromatic heterocycles. The highest BCUT2D eigenvalue weighted by Crippen LogP contribution is 2.25. The normalized spacial score (nSPS) is 15.6. The Morgan fingerprint density at radius 2 is 2.23 bits per heavy atom. The molecule has 0 saturated heterocycles. The minimum Gasteiger partial charge on any atom is -0.370 e. The topological polar surface area (TPSA) is 68.2 Å². The largest absolute Gasteiger partial charge is 0.370 e. The number of nitrogens with zero attached hydrogens (tertiary/aromatic N) is 3. The summed E-state index contributed by atoms with van der Waals surface area (Å²) in [7, 11) is 1.92. The number of aryl methyl sites for hydroxylation is 1. The Bertz CT molecular complexity index is 655. The van der Waals surface area contributed by atoms with Gasteiger partial charge in [-0.15, -0.1) is 0 Å². The Labute approximate surface area is 131 Å². The maximum atomic E-state index is 5.96. The zero-order valence-electron chi connectivity index (χ0n) is 13.0. The predicted molar refractivity (Wildman–Crippen MR) is 89.3 cm³/mol. The summed E-state index contributed by atoms with van der Waals surface area (Å²) < 4.78 is 1.81. The van der Waals surface area contributed by atoms with Crippen molar-refractivity contribution in [2.45, 2.75) is 25.8 Å². The first-order valence-corrected chi connectivity index (χ1v) is 7.83. The molecule has 0 amide bonds. The van der Waals surface area contributed by atoms with Crippen molar-refractivity contribution >= 4 is 5.96 Å². The SMILES string of the molecule is Cn1cc(-c2ccccc2CN=C(N)NCC2CCC2)cn1. The molecule has 1 aliphatic carbocycles. The Morgan fingerprint density at radius 1 is 1.41 bits per heavy atom. The Hall–Kier alpha value is -2.30. The van der Waals surface area contributed by atoms with Crippen molar-refractivity contribution in [2.75, 3.05) is 6.54 Å². The fourth-order valence-electron chi connectivity index (χ4n) is 2.67. The van der Waals surface area contributed by atoms with Gasteiger partial charge in [-0.05, 0) is 29.9 Å². The van der Waals surface area contributed by atoms with Gasteiger partial charge in [0.05, 0.1) is 12.7 Å². The second-order valence-electron chi connectivity index (χ2n) is 5.94. The molecule has 0 aliphatic heterocycles. The highest BCUT2D eigenvalue weighted by molar-refractivity contribution is 5.78. The Balaban J connectivity index is 1.66. The van der Waals surface area contributed by atoms with E-state index < -0.39 is 0 Å². The number of nitrogens with one attached hydrogen (secondary N) is 1. The molecule has 0 spiro atoms. The van der Waals surface area contributed by atoms with E-state index in [9.17, 15) is 0 Å². The summed E-state index contributed by atoms with van der Waals surface area (Å²) in [5.41, 5.74) is 9.38. The summed E-state index contributed by atoms with van der Waals surface area (Å²) in [6.07, 6.45) is 7.86. The third-order valence-corrected chi connectivity index (χ3v) is 4.25. The van der Waals surface area contributed by atoms with Gasteiger partial charge in [-0.25, -0.2) is 4.99 Å². The molecule has 5 heteroatoms. The summed E-state index contributed by atoms with van der Waals surface area (Å²) in [6.45, 7) is 1.52. The highest BCUT2D eigenvalue weighted by atomic mass is 15.2. The average molecular weight is 297 g/mol. The third kappa shape index (κ3) is 3.47. The molecule has 116 valence electrons. The predicted octanol–water partition coefficient (Wildman–Crippen LogP) is 2.29. The van der Waals surface area contributed by atoms with Crippen LogP contribution < -0.4 is 11.1 Å². The fourth-order valence-corrected chi connectivity index (χ4v) is 2.67. The van der Waals surface area contributed by atoms with E-state index in [1.807, 2.05) is 36.3 Å². The van der Waals surface area contributed by atoms with E-state index >= 15 is 0 Å². The number of benzene rings is 1. The van der Waals surface area contributed by atoms with Gasteiger partial charge < -0.3 is 11.1 Å². The average Bonchev–Trinajstić information content (AvgIpc) is 2.90. The lowest BCUT2D eigenvalue weighted by atomic mass is 9.85. The quantitative estimate of drug-likeness (QED) is 0.657. The van der Waals surface area contributed by atoms with Crippen LogP contribution >= 0.6 is 0 Å². The monoisotopic (exact) mass is 297 g/mol. The van der Waals surface area contributed by atoms with Crippen molar-refractivity contribution in [1.29, 1.82) is 0 Å². The van der Waals surface area contributed by atoms with Crippen LogP contribution in [0.25, 0.3) is 11.1 Å². The molecule has 1 heterocycles. The number of hydrogen-bond acceptors (Lipinski definition) is 2. The molecule has 0 atom stereocenters. The van der Waals surface area contributed by atoms with E-state index in [4.69, 9.17) is 5.73 Å². The van der Waals surface area contributed by atoms with Crippen LogP contribution in [0.2, 0.25) is 0 Å². The lowest BCUT2D eigenvalue weighted by Crippen LogP contribution is -2.37. The first-order chi connectivity index (χ1) is 10.7. The van der Waals surface area contributed by atoms with E-state index in [0.29, 0.717) is 12.5 Å². The Kier molecular flexibility index (Phi) is 4.42. The molecule has 1 fully saturated rings. The molecule has 22 heavy (non-hydrogen) atoms. The van der Waals surface area contributed by atoms with Crippen LogP contribution in [-0.2, 0) is 13.6 Å². The van der Waals surface area contributed by atoms with Crippen molar-refractivity contribution < 1.29 is 0 Å². The van der Waals surface area contributed by atoms with E-state index in [1.165, 1.54) is 19.3 Å². The van der Waals surface area contributed by atoms with Gasteiger partial charge in [-0.2, -0.15) is 5.10 Å². The van der Waals surface area contributed by atoms with E-state index in [0.717, 1.165) is 29.2 Å². The van der Waals surface area contributed by atoms with Gasteiger partial charge in [0, 0.05) is 25.4 Å². The number of aliphatic imine (C=N–C) groups is 1. The van der Waals surface area contributed by atoms with Crippen LogP contribution in [0.15, 0.2) is 41.7 Å². The van der Waals surface area contributed by atoms with Gasteiger partial charge in [0.25, 0.3) is 0 Å². The number of hydrogen-bond donors (Lipinski definition) is 2. The van der Waals surface area contributed by atoms with Crippen LogP contribution in [0.1, 0.15) is 24.8 Å². The summed E-state index contributed by atoms with van der Waals surface area (Å²) >= 11 is 0. The molecule has 1 saturated carbocycles. The molecule has 2 aromatic rings. The van der Waals surface area contributed by atoms with Crippen molar-refractivity contribution in [2.24, 2.45) is 23.7 Å². The zero-order valence-corrected chi connectivity index (χ0v) is 13.0. The second kappa shape index (κ2) is 6.64. The van der Waals surface area contributed by atoms with Crippen molar-refractivity contribution in [3.8, 4) is 11.1 Å². The standard InChI is InChI=1S/C17H23N5/c1-22-12-15(11-21-22)16-8-3-2-7-14(16)10-20-17(18)19-9-13-5-4-6-13/h2-3,7-8,11-13H,4-6,9-10H2,1H3,(H3,18,19,20). The summed E-state index contributed by atoms with van der Waals surface area (Å²) in [5, 5.41) is 7.47. The smallest absolute Gasteiger partial charge is 0.188 e. The lowest BCUT2D eigenvalue weighted by molar-refractivity contribution is 0.315. The van der Waals surface area contributed by atoms with Crippen LogP contribution in [0.4, 0.5) is 0 Å². The zero-order chi connectivity index (χ0) is 15.4. The van der Waals surface area contributed by atoms with Gasteiger partial charge in [0.2, 0.25) is 0 Å². The van der Waals surface area contributed by atoms with Crippen molar-refractivity contribution in [3.05, 3.63) is 42.2 Å². The van der Waals surface area contributed by atoms with Crippen molar-refractivity contribution in [1.82, 2.24) is 15.1 Å². The summed E-state index contributed by atoms with van der Waals surface area (Å²) in [6, 6.07) is 8.25. The molecule has 0 radical (unpaired) electrons. The van der Waals surface area contributed by atoms with E-state index in [1.54, 1.807) is 0 Å². The molecule has 3 N–H and O–H groups in total. The summed E-state index contributed by atoms with van der Waals surface area (Å²) in [5.74, 6) is 1.31. The van der Waals surface area contributed by atoms with Crippen LogP contribution in [0.3, 0.4) is 0 Å². The van der Waals surface area contributed by atoms with Crippen LogP contribution in [-0.4, -0.2) is 22.3 Å². The lowest BCUT2D eigenvalue weighted by Gasteiger charge is -2.25. The maximum Gasteiger partial charge on any atom is 0.188 e. The number of guanidine groups is 1. The van der Waals surface area contributed by atoms with Crippen LogP contribution in [0.5, 0.6) is 0 Å². The fraction of sp³-hybridized carbons (Fsp3) is 0.412. The van der Waals surface area contributed by atoms with Gasteiger partial charge in [0.15, 0.2) is 5.96 Å². The molecular weight excluding hydrogens is 274 g/mol. The van der Waals surface area contributed by atoms with Crippen LogP contribution in [0, 0.1) is 5.92 Å². The van der Waals surface area contributed by atoms with Gasteiger partial charge >= 0.3 is 0 Å². The Morgan fingerprint density at radius 3 is 2.91 bits per heavy atom. The van der Waals surface area contributed by atoms with Gasteiger partial charge in [0.1, 0.15) is 0 Å². The third-order valence-electron chi connectivity index (χ3n) is 4.25. The minimum atomic E-state index is 0.535. The molecule has 0 bridgehead atoms. The van der Waals surface area contributed by atoms with E-state index in [2.05, 4.69) is 27.5 Å². The number of nitrogens with two attached hydrogens (primary N) is 1. The first-order valence-electron chi connectivity index (χ1n) is 7.83. The highest BCUT2D eigenvalue weighted by Gasteiger charge is 2.16. The second-order valence-corrected chi connectivity index (χ2v) is 5.94. The molecule has 0 unspecified atom stereocenters. The first kappa shape index (κ1) is 14.6. The number of rotatable bonds is 5. The molecule has 3 rings (SSSR count). The number of aromatic nitrogens is 2. The summed E-state index contributed by atoms with van der Waals surface area (Å²) in [4.78, 5) is 4.47.